The molecular formula is C13H14ClN3. The predicted molar refractivity (Wildman–Crippen MR) is 72.9 cm³/mol. The Hall–Kier alpha value is -1.74. The van der Waals surface area contributed by atoms with Gasteiger partial charge in [-0.05, 0) is 43.2 Å². The van der Waals surface area contributed by atoms with E-state index in [-0.39, 0.29) is 0 Å². The Morgan fingerprint density at radius 1 is 1.24 bits per heavy atom. The second-order valence-corrected chi connectivity index (χ2v) is 4.41. The smallest absolute Gasteiger partial charge is 0.153 e. The Kier molecular flexibility index (Phi) is 3.20. The number of pyridine rings is 1. The number of benzene rings is 1. The highest BCUT2D eigenvalue weighted by molar-refractivity contribution is 6.33. The minimum absolute atomic E-state index is 0.637. The lowest BCUT2D eigenvalue weighted by Crippen LogP contribution is -2.01. The molecule has 1 heterocycles. The van der Waals surface area contributed by atoms with Crippen LogP contribution in [0.4, 0.5) is 17.2 Å². The lowest BCUT2D eigenvalue weighted by molar-refractivity contribution is 1.27. The third kappa shape index (κ3) is 2.50. The van der Waals surface area contributed by atoms with Crippen LogP contribution in [0.5, 0.6) is 0 Å². The maximum absolute atomic E-state index is 6.11. The van der Waals surface area contributed by atoms with Gasteiger partial charge in [0.25, 0.3) is 0 Å². The molecule has 0 bridgehead atoms. The zero-order valence-corrected chi connectivity index (χ0v) is 10.5. The first kappa shape index (κ1) is 11.7. The summed E-state index contributed by atoms with van der Waals surface area (Å²) in [6.45, 7) is 3.95. The van der Waals surface area contributed by atoms with E-state index in [4.69, 9.17) is 17.3 Å². The molecule has 0 saturated heterocycles. The van der Waals surface area contributed by atoms with Crippen molar-refractivity contribution in [3.8, 4) is 0 Å². The van der Waals surface area contributed by atoms with Crippen molar-refractivity contribution in [2.75, 3.05) is 11.1 Å². The van der Waals surface area contributed by atoms with Gasteiger partial charge in [-0.2, -0.15) is 0 Å². The van der Waals surface area contributed by atoms with Gasteiger partial charge in [0.1, 0.15) is 0 Å². The molecule has 0 radical (unpaired) electrons. The Morgan fingerprint density at radius 3 is 2.76 bits per heavy atom. The van der Waals surface area contributed by atoms with Crippen LogP contribution < -0.4 is 11.1 Å². The second kappa shape index (κ2) is 4.63. The standard InChI is InChI=1S/C13H14ClN3/c1-8-3-4-10(14)11(7-8)17-13-12(15)9(2)5-6-16-13/h3-7H,15H2,1-2H3,(H,16,17). The highest BCUT2D eigenvalue weighted by Crippen LogP contribution is 2.28. The minimum Gasteiger partial charge on any atom is -0.396 e. The number of aryl methyl sites for hydroxylation is 2. The van der Waals surface area contributed by atoms with E-state index in [0.29, 0.717) is 16.5 Å². The van der Waals surface area contributed by atoms with E-state index in [1.54, 1.807) is 6.20 Å². The van der Waals surface area contributed by atoms with Gasteiger partial charge >= 0.3 is 0 Å². The quantitative estimate of drug-likeness (QED) is 0.851. The van der Waals surface area contributed by atoms with Crippen molar-refractivity contribution < 1.29 is 0 Å². The topological polar surface area (TPSA) is 50.9 Å². The normalized spacial score (nSPS) is 10.3. The van der Waals surface area contributed by atoms with E-state index in [1.807, 2.05) is 38.1 Å². The molecule has 0 unspecified atom stereocenters. The predicted octanol–water partition coefficient (Wildman–Crippen LogP) is 3.68. The summed E-state index contributed by atoms with van der Waals surface area (Å²) in [4.78, 5) is 4.21. The number of rotatable bonds is 2. The van der Waals surface area contributed by atoms with Gasteiger partial charge in [-0.1, -0.05) is 17.7 Å². The molecule has 2 rings (SSSR count). The summed E-state index contributed by atoms with van der Waals surface area (Å²) < 4.78 is 0. The SMILES string of the molecule is Cc1ccc(Cl)c(Nc2nccc(C)c2N)c1. The first-order valence-corrected chi connectivity index (χ1v) is 5.70. The van der Waals surface area contributed by atoms with E-state index in [2.05, 4.69) is 10.3 Å². The highest BCUT2D eigenvalue weighted by Gasteiger charge is 2.06. The van der Waals surface area contributed by atoms with Gasteiger partial charge in [-0.3, -0.25) is 0 Å². The van der Waals surface area contributed by atoms with Gasteiger partial charge in [0.2, 0.25) is 0 Å². The maximum atomic E-state index is 6.11. The third-order valence-corrected chi connectivity index (χ3v) is 2.91. The van der Waals surface area contributed by atoms with Crippen LogP contribution >= 0.6 is 11.6 Å². The average Bonchev–Trinajstić information content (AvgIpc) is 2.30. The summed E-state index contributed by atoms with van der Waals surface area (Å²) in [5, 5.41) is 3.81. The molecule has 0 saturated carbocycles. The molecule has 4 heteroatoms. The molecule has 3 nitrogen and oxygen atoms in total. The van der Waals surface area contributed by atoms with E-state index in [9.17, 15) is 0 Å². The van der Waals surface area contributed by atoms with Crippen molar-refractivity contribution >= 4 is 28.8 Å². The second-order valence-electron chi connectivity index (χ2n) is 4.00. The fraction of sp³-hybridized carbons (Fsp3) is 0.154. The minimum atomic E-state index is 0.637. The summed E-state index contributed by atoms with van der Waals surface area (Å²) in [6, 6.07) is 7.65. The maximum Gasteiger partial charge on any atom is 0.153 e. The Morgan fingerprint density at radius 2 is 2.00 bits per heavy atom. The lowest BCUT2D eigenvalue weighted by Gasteiger charge is -2.11. The summed E-state index contributed by atoms with van der Waals surface area (Å²) >= 11 is 6.11. The van der Waals surface area contributed by atoms with Crippen LogP contribution in [0.2, 0.25) is 5.02 Å². The van der Waals surface area contributed by atoms with Crippen LogP contribution in [-0.4, -0.2) is 4.98 Å². The summed E-state index contributed by atoms with van der Waals surface area (Å²) in [6.07, 6.45) is 1.72. The molecule has 0 aliphatic carbocycles. The van der Waals surface area contributed by atoms with Crippen LogP contribution in [0.25, 0.3) is 0 Å². The van der Waals surface area contributed by atoms with E-state index >= 15 is 0 Å². The van der Waals surface area contributed by atoms with E-state index in [0.717, 1.165) is 16.8 Å². The number of nitrogen functional groups attached to an aromatic ring is 1. The number of anilines is 3. The van der Waals surface area contributed by atoms with Crippen LogP contribution in [0.15, 0.2) is 30.5 Å². The lowest BCUT2D eigenvalue weighted by atomic mass is 10.2. The van der Waals surface area contributed by atoms with Gasteiger partial charge in [0.15, 0.2) is 5.82 Å². The summed E-state index contributed by atoms with van der Waals surface area (Å²) in [5.74, 6) is 0.637. The van der Waals surface area contributed by atoms with Crippen LogP contribution in [0.1, 0.15) is 11.1 Å². The largest absolute Gasteiger partial charge is 0.396 e. The van der Waals surface area contributed by atoms with Crippen molar-refractivity contribution in [2.45, 2.75) is 13.8 Å². The van der Waals surface area contributed by atoms with Gasteiger partial charge in [0, 0.05) is 6.20 Å². The average molecular weight is 248 g/mol. The molecule has 0 atom stereocenters. The number of aromatic nitrogens is 1. The van der Waals surface area contributed by atoms with Crippen molar-refractivity contribution in [2.24, 2.45) is 0 Å². The number of halogens is 1. The van der Waals surface area contributed by atoms with E-state index in [1.165, 1.54) is 0 Å². The van der Waals surface area contributed by atoms with Crippen LogP contribution in [0.3, 0.4) is 0 Å². The molecule has 2 aromatic rings. The molecule has 0 fully saturated rings. The van der Waals surface area contributed by atoms with Crippen molar-refractivity contribution in [3.05, 3.63) is 46.6 Å². The number of nitrogens with two attached hydrogens (primary N) is 1. The molecule has 0 spiro atoms. The van der Waals surface area contributed by atoms with Crippen LogP contribution in [-0.2, 0) is 0 Å². The Labute approximate surface area is 106 Å². The zero-order chi connectivity index (χ0) is 12.4. The van der Waals surface area contributed by atoms with Crippen molar-refractivity contribution in [1.29, 1.82) is 0 Å². The molecule has 0 amide bonds. The molecule has 0 aliphatic rings. The Balaban J connectivity index is 2.38. The summed E-state index contributed by atoms with van der Waals surface area (Å²) in [5.41, 5.74) is 9.53. The fourth-order valence-corrected chi connectivity index (χ4v) is 1.70. The third-order valence-electron chi connectivity index (χ3n) is 2.58. The molecule has 1 aromatic carbocycles. The molecule has 0 aliphatic heterocycles. The Bertz CT molecular complexity index is 552. The van der Waals surface area contributed by atoms with Gasteiger partial charge < -0.3 is 11.1 Å². The van der Waals surface area contributed by atoms with Crippen molar-refractivity contribution in [3.63, 3.8) is 0 Å². The first-order chi connectivity index (χ1) is 8.08. The van der Waals surface area contributed by atoms with Crippen LogP contribution in [0, 0.1) is 13.8 Å². The van der Waals surface area contributed by atoms with Crippen molar-refractivity contribution in [1.82, 2.24) is 4.98 Å². The first-order valence-electron chi connectivity index (χ1n) is 5.32. The van der Waals surface area contributed by atoms with Gasteiger partial charge in [-0.15, -0.1) is 0 Å². The number of hydrogen-bond donors (Lipinski definition) is 2. The number of nitrogens with zero attached hydrogens (tertiary/aromatic N) is 1. The number of hydrogen-bond acceptors (Lipinski definition) is 3. The molecule has 1 aromatic heterocycles. The highest BCUT2D eigenvalue weighted by atomic mass is 35.5. The van der Waals surface area contributed by atoms with E-state index < -0.39 is 0 Å². The zero-order valence-electron chi connectivity index (χ0n) is 9.79. The number of nitrogens with one attached hydrogen (secondary N) is 1. The van der Waals surface area contributed by atoms with Gasteiger partial charge in [-0.25, -0.2) is 4.98 Å². The molecule has 88 valence electrons. The molecule has 17 heavy (non-hydrogen) atoms. The monoisotopic (exact) mass is 247 g/mol. The molecular weight excluding hydrogens is 234 g/mol. The fourth-order valence-electron chi connectivity index (χ4n) is 1.53. The summed E-state index contributed by atoms with van der Waals surface area (Å²) in [7, 11) is 0. The molecule has 3 N–H and O–H groups in total. The van der Waals surface area contributed by atoms with Gasteiger partial charge in [0.05, 0.1) is 16.4 Å².